The fourth-order valence-corrected chi connectivity index (χ4v) is 4.84. The lowest BCUT2D eigenvalue weighted by Crippen LogP contribution is -2.57. The first-order chi connectivity index (χ1) is 12.4. The highest BCUT2D eigenvalue weighted by atomic mass is 16.2. The Labute approximate surface area is 155 Å². The molecule has 3 fully saturated rings. The lowest BCUT2D eigenvalue weighted by molar-refractivity contribution is -0.135. The number of hydrogen-bond acceptors (Lipinski definition) is 4. The number of carbonyl (C=O) groups excluding carboxylic acids is 2. The molecule has 0 aromatic rings. The van der Waals surface area contributed by atoms with E-state index in [0.717, 1.165) is 25.7 Å². The summed E-state index contributed by atoms with van der Waals surface area (Å²) in [5.74, 6) is 2.43. The van der Waals surface area contributed by atoms with E-state index in [1.165, 1.54) is 4.90 Å². The first-order valence-corrected chi connectivity index (χ1v) is 9.32. The van der Waals surface area contributed by atoms with Crippen LogP contribution in [-0.4, -0.2) is 70.9 Å². The number of terminal acetylenes is 1. The van der Waals surface area contributed by atoms with Gasteiger partial charge in [-0.25, -0.2) is 4.79 Å². The normalized spacial score (nSPS) is 34.1. The smallest absolute Gasteiger partial charge is 0.319 e. The van der Waals surface area contributed by atoms with Gasteiger partial charge in [0.2, 0.25) is 5.91 Å². The Bertz CT molecular complexity index is 628. The number of piperidine rings is 1. The zero-order chi connectivity index (χ0) is 19.0. The molecule has 26 heavy (non-hydrogen) atoms. The minimum Gasteiger partial charge on any atom is -0.331 e. The van der Waals surface area contributed by atoms with Crippen LogP contribution in [0.25, 0.3) is 0 Å². The van der Waals surface area contributed by atoms with Crippen LogP contribution in [0.15, 0.2) is 0 Å². The Morgan fingerprint density at radius 3 is 2.19 bits per heavy atom. The van der Waals surface area contributed by atoms with Crippen molar-refractivity contribution in [2.45, 2.75) is 68.7 Å². The molecule has 3 aliphatic rings. The van der Waals surface area contributed by atoms with E-state index < -0.39 is 12.1 Å². The topological polar surface area (TPSA) is 93.7 Å². The van der Waals surface area contributed by atoms with Crippen LogP contribution in [0.4, 0.5) is 4.79 Å². The second-order valence-electron chi connectivity index (χ2n) is 7.88. The highest BCUT2D eigenvalue weighted by Crippen LogP contribution is 2.40. The van der Waals surface area contributed by atoms with Crippen LogP contribution in [0.3, 0.4) is 0 Å². The number of rotatable bonds is 2. The minimum atomic E-state index is -0.667. The van der Waals surface area contributed by atoms with Crippen LogP contribution in [-0.2, 0) is 4.79 Å². The summed E-state index contributed by atoms with van der Waals surface area (Å²) in [6, 6.07) is 0.998. The van der Waals surface area contributed by atoms with E-state index in [4.69, 9.17) is 12.2 Å². The van der Waals surface area contributed by atoms with Crippen LogP contribution in [0.5, 0.6) is 0 Å². The Hall–Kier alpha value is -2.25. The molecular weight excluding hydrogens is 330 g/mol. The summed E-state index contributed by atoms with van der Waals surface area (Å²) >= 11 is 0. The number of nitrogens with two attached hydrogens (primary N) is 1. The number of urea groups is 1. The molecular formula is C19H27N5O2. The van der Waals surface area contributed by atoms with Crippen molar-refractivity contribution in [3.63, 3.8) is 0 Å². The molecule has 0 spiro atoms. The van der Waals surface area contributed by atoms with E-state index in [9.17, 15) is 14.9 Å². The highest BCUT2D eigenvalue weighted by molar-refractivity contribution is 5.84. The van der Waals surface area contributed by atoms with Crippen molar-refractivity contribution in [2.24, 2.45) is 11.7 Å². The molecule has 3 heterocycles. The van der Waals surface area contributed by atoms with Crippen molar-refractivity contribution in [3.05, 3.63) is 0 Å². The summed E-state index contributed by atoms with van der Waals surface area (Å²) in [5.41, 5.74) is 6.36. The van der Waals surface area contributed by atoms with Gasteiger partial charge in [0.1, 0.15) is 6.04 Å². The Balaban J connectivity index is 1.71. The number of hydrogen-bond donors (Lipinski definition) is 1. The van der Waals surface area contributed by atoms with Gasteiger partial charge < -0.3 is 20.4 Å². The maximum atomic E-state index is 13.0. The summed E-state index contributed by atoms with van der Waals surface area (Å²) in [7, 11) is 3.52. The summed E-state index contributed by atoms with van der Waals surface area (Å²) in [5, 5.41) is 9.33. The average molecular weight is 357 g/mol. The first-order valence-electron chi connectivity index (χ1n) is 9.32. The van der Waals surface area contributed by atoms with E-state index in [1.54, 1.807) is 19.0 Å². The molecule has 0 saturated carbocycles. The monoisotopic (exact) mass is 357 g/mol. The molecule has 2 N–H and O–H groups in total. The van der Waals surface area contributed by atoms with E-state index in [-0.39, 0.29) is 36.0 Å². The summed E-state index contributed by atoms with van der Waals surface area (Å²) in [6.45, 7) is 0. The van der Waals surface area contributed by atoms with E-state index >= 15 is 0 Å². The molecule has 140 valence electrons. The molecule has 7 heteroatoms. The van der Waals surface area contributed by atoms with Gasteiger partial charge in [-0.05, 0) is 44.4 Å². The van der Waals surface area contributed by atoms with Crippen LogP contribution in [0, 0.1) is 29.6 Å². The molecule has 7 nitrogen and oxygen atoms in total. The van der Waals surface area contributed by atoms with Crippen molar-refractivity contribution in [1.82, 2.24) is 14.7 Å². The Morgan fingerprint density at radius 2 is 1.69 bits per heavy atom. The molecule has 5 unspecified atom stereocenters. The number of amides is 3. The number of carbonyl (C=O) groups is 2. The lowest BCUT2D eigenvalue weighted by Gasteiger charge is -2.42. The Kier molecular flexibility index (Phi) is 5.11. The fraction of sp³-hybridized carbons (Fsp3) is 0.737. The third-order valence-electron chi connectivity index (χ3n) is 6.15. The van der Waals surface area contributed by atoms with Crippen molar-refractivity contribution in [1.29, 1.82) is 5.26 Å². The number of nitrogens with zero attached hydrogens (tertiary/aromatic N) is 4. The molecule has 0 aliphatic carbocycles. The van der Waals surface area contributed by atoms with Gasteiger partial charge in [0.15, 0.2) is 0 Å². The van der Waals surface area contributed by atoms with Gasteiger partial charge in [0.05, 0.1) is 18.2 Å². The van der Waals surface area contributed by atoms with Gasteiger partial charge in [-0.1, -0.05) is 5.92 Å². The van der Waals surface area contributed by atoms with Gasteiger partial charge in [0.25, 0.3) is 0 Å². The zero-order valence-corrected chi connectivity index (χ0v) is 15.5. The molecule has 5 atom stereocenters. The third-order valence-corrected chi connectivity index (χ3v) is 6.15. The van der Waals surface area contributed by atoms with Crippen LogP contribution in [0.1, 0.15) is 38.5 Å². The lowest BCUT2D eigenvalue weighted by atomic mass is 9.84. The minimum absolute atomic E-state index is 0.0181. The van der Waals surface area contributed by atoms with Crippen LogP contribution >= 0.6 is 0 Å². The second kappa shape index (κ2) is 7.17. The van der Waals surface area contributed by atoms with Crippen molar-refractivity contribution in [3.8, 4) is 18.4 Å². The molecule has 0 aromatic heterocycles. The quantitative estimate of drug-likeness (QED) is 0.738. The van der Waals surface area contributed by atoms with Crippen molar-refractivity contribution < 1.29 is 9.59 Å². The van der Waals surface area contributed by atoms with E-state index in [1.807, 2.05) is 4.90 Å². The predicted octanol–water partition coefficient (Wildman–Crippen LogP) is 0.755. The summed E-state index contributed by atoms with van der Waals surface area (Å²) in [6.07, 6.45) is 10.2. The molecule has 0 radical (unpaired) electrons. The van der Waals surface area contributed by atoms with Crippen LogP contribution in [0.2, 0.25) is 0 Å². The number of likely N-dealkylation sites (tertiary alicyclic amines) is 1. The van der Waals surface area contributed by atoms with Gasteiger partial charge in [-0.15, -0.1) is 6.42 Å². The highest BCUT2D eigenvalue weighted by Gasteiger charge is 2.48. The van der Waals surface area contributed by atoms with Gasteiger partial charge in [-0.3, -0.25) is 4.79 Å². The standard InChI is InChI=1S/C19H27N5O2/c1-4-13-5-8-16(11-20)23(13)18(25)17(21)12-9-14-6-7-15(10-12)24(14)19(26)22(2)3/h1,12-17H,5-10,21H2,2-3H3. The van der Waals surface area contributed by atoms with Gasteiger partial charge in [-0.2, -0.15) is 5.26 Å². The third kappa shape index (κ3) is 3.01. The molecule has 2 bridgehead atoms. The number of nitriles is 1. The van der Waals surface area contributed by atoms with Crippen molar-refractivity contribution >= 4 is 11.9 Å². The first kappa shape index (κ1) is 18.5. The summed E-state index contributed by atoms with van der Waals surface area (Å²) < 4.78 is 0. The predicted molar refractivity (Wildman–Crippen MR) is 96.5 cm³/mol. The Morgan fingerprint density at radius 1 is 1.12 bits per heavy atom. The molecule has 3 saturated heterocycles. The second-order valence-corrected chi connectivity index (χ2v) is 7.88. The fourth-order valence-electron chi connectivity index (χ4n) is 4.84. The largest absolute Gasteiger partial charge is 0.331 e. The average Bonchev–Trinajstić information content (AvgIpc) is 3.17. The molecule has 3 amide bonds. The van der Waals surface area contributed by atoms with Gasteiger partial charge in [0, 0.05) is 26.2 Å². The molecule has 3 aliphatic heterocycles. The number of fused-ring (bicyclic) bond motifs is 2. The maximum absolute atomic E-state index is 13.0. The van der Waals surface area contributed by atoms with Crippen molar-refractivity contribution in [2.75, 3.05) is 14.1 Å². The summed E-state index contributed by atoms with van der Waals surface area (Å²) in [4.78, 5) is 30.5. The SMILES string of the molecule is C#CC1CCC(C#N)N1C(=O)C(N)C1CC2CCC(C1)N2C(=O)N(C)C. The molecule has 3 rings (SSSR count). The zero-order valence-electron chi connectivity index (χ0n) is 15.5. The maximum Gasteiger partial charge on any atom is 0.319 e. The van der Waals surface area contributed by atoms with Crippen LogP contribution < -0.4 is 5.73 Å². The van der Waals surface area contributed by atoms with E-state index in [2.05, 4.69) is 12.0 Å². The van der Waals surface area contributed by atoms with Gasteiger partial charge >= 0.3 is 6.03 Å². The van der Waals surface area contributed by atoms with E-state index in [0.29, 0.717) is 12.8 Å². The molecule has 0 aromatic carbocycles.